The average molecular weight is 291 g/mol. The van der Waals surface area contributed by atoms with E-state index in [9.17, 15) is 4.39 Å². The van der Waals surface area contributed by atoms with Gasteiger partial charge >= 0.3 is 0 Å². The highest BCUT2D eigenvalue weighted by Gasteiger charge is 2.20. The number of ether oxygens (including phenoxy) is 1. The van der Waals surface area contributed by atoms with Gasteiger partial charge in [-0.1, -0.05) is 12.1 Å². The molecule has 106 valence electrons. The van der Waals surface area contributed by atoms with Crippen molar-refractivity contribution >= 4 is 11.3 Å². The maximum Gasteiger partial charge on any atom is 0.165 e. The SMILES string of the molecule is Cc1sc(CNC2CC2)cc1COc1ccccc1F. The third-order valence-corrected chi connectivity index (χ3v) is 4.53. The lowest BCUT2D eigenvalue weighted by atomic mass is 10.2. The van der Waals surface area contributed by atoms with Crippen LogP contribution in [-0.4, -0.2) is 6.04 Å². The van der Waals surface area contributed by atoms with Crippen LogP contribution in [0.5, 0.6) is 5.75 Å². The minimum atomic E-state index is -0.309. The van der Waals surface area contributed by atoms with E-state index in [0.29, 0.717) is 12.4 Å². The Balaban J connectivity index is 1.60. The molecule has 1 aliphatic carbocycles. The van der Waals surface area contributed by atoms with Crippen LogP contribution in [0.4, 0.5) is 4.39 Å². The standard InChI is InChI=1S/C16H18FNOS/c1-11-12(8-14(20-11)9-18-13-6-7-13)10-19-16-5-3-2-4-15(16)17/h2-5,8,13,18H,6-7,9-10H2,1H3. The van der Waals surface area contributed by atoms with Gasteiger partial charge in [0.1, 0.15) is 6.61 Å². The Morgan fingerprint density at radius 2 is 2.15 bits per heavy atom. The van der Waals surface area contributed by atoms with E-state index in [1.165, 1.54) is 28.7 Å². The van der Waals surface area contributed by atoms with Gasteiger partial charge in [0, 0.05) is 27.9 Å². The fourth-order valence-electron chi connectivity index (χ4n) is 2.07. The van der Waals surface area contributed by atoms with Crippen LogP contribution < -0.4 is 10.1 Å². The van der Waals surface area contributed by atoms with Gasteiger partial charge in [-0.3, -0.25) is 0 Å². The molecule has 0 spiro atoms. The van der Waals surface area contributed by atoms with E-state index in [0.717, 1.165) is 18.2 Å². The van der Waals surface area contributed by atoms with E-state index >= 15 is 0 Å². The summed E-state index contributed by atoms with van der Waals surface area (Å²) in [7, 11) is 0. The Hall–Kier alpha value is -1.39. The van der Waals surface area contributed by atoms with E-state index in [2.05, 4.69) is 18.3 Å². The van der Waals surface area contributed by atoms with Crippen LogP contribution >= 0.6 is 11.3 Å². The molecule has 1 fully saturated rings. The predicted octanol–water partition coefficient (Wildman–Crippen LogP) is 4.03. The van der Waals surface area contributed by atoms with E-state index in [4.69, 9.17) is 4.74 Å². The number of para-hydroxylation sites is 1. The van der Waals surface area contributed by atoms with Gasteiger partial charge in [-0.15, -0.1) is 11.3 Å². The minimum absolute atomic E-state index is 0.309. The van der Waals surface area contributed by atoms with Crippen molar-refractivity contribution in [2.75, 3.05) is 0 Å². The van der Waals surface area contributed by atoms with Crippen molar-refractivity contribution in [1.29, 1.82) is 0 Å². The van der Waals surface area contributed by atoms with Crippen molar-refractivity contribution in [2.24, 2.45) is 0 Å². The van der Waals surface area contributed by atoms with Gasteiger partial charge in [-0.25, -0.2) is 4.39 Å². The zero-order valence-corrected chi connectivity index (χ0v) is 12.3. The van der Waals surface area contributed by atoms with Gasteiger partial charge < -0.3 is 10.1 Å². The largest absolute Gasteiger partial charge is 0.486 e. The highest BCUT2D eigenvalue weighted by atomic mass is 32.1. The molecule has 4 heteroatoms. The summed E-state index contributed by atoms with van der Waals surface area (Å²) in [6.07, 6.45) is 2.60. The molecule has 0 unspecified atom stereocenters. The average Bonchev–Trinajstić information content (AvgIpc) is 3.20. The molecule has 0 bridgehead atoms. The summed E-state index contributed by atoms with van der Waals surface area (Å²) in [4.78, 5) is 2.57. The van der Waals surface area contributed by atoms with Gasteiger partial charge in [0.2, 0.25) is 0 Å². The number of benzene rings is 1. The molecule has 20 heavy (non-hydrogen) atoms. The van der Waals surface area contributed by atoms with E-state index in [1.54, 1.807) is 29.5 Å². The molecule has 2 aromatic rings. The normalized spacial score (nSPS) is 14.5. The molecule has 2 nitrogen and oxygen atoms in total. The zero-order chi connectivity index (χ0) is 13.9. The molecule has 1 saturated carbocycles. The number of hydrogen-bond acceptors (Lipinski definition) is 3. The Labute approximate surface area is 122 Å². The summed E-state index contributed by atoms with van der Waals surface area (Å²) in [5.41, 5.74) is 1.14. The number of aryl methyl sites for hydroxylation is 1. The van der Waals surface area contributed by atoms with Crippen molar-refractivity contribution in [1.82, 2.24) is 5.32 Å². The van der Waals surface area contributed by atoms with Crippen LogP contribution in [0.15, 0.2) is 30.3 Å². The highest BCUT2D eigenvalue weighted by molar-refractivity contribution is 7.12. The topological polar surface area (TPSA) is 21.3 Å². The molecular weight excluding hydrogens is 273 g/mol. The fraction of sp³-hybridized carbons (Fsp3) is 0.375. The number of hydrogen-bond donors (Lipinski definition) is 1. The Bertz CT molecular complexity index is 592. The smallest absolute Gasteiger partial charge is 0.165 e. The first-order valence-corrected chi connectivity index (χ1v) is 7.73. The molecule has 0 radical (unpaired) electrons. The third kappa shape index (κ3) is 3.38. The van der Waals surface area contributed by atoms with Crippen molar-refractivity contribution in [3.63, 3.8) is 0 Å². The molecule has 3 rings (SSSR count). The molecule has 1 N–H and O–H groups in total. The monoisotopic (exact) mass is 291 g/mol. The second kappa shape index (κ2) is 5.94. The van der Waals surface area contributed by atoms with Crippen LogP contribution in [0.3, 0.4) is 0 Å². The van der Waals surface area contributed by atoms with E-state index in [1.807, 2.05) is 0 Å². The van der Waals surface area contributed by atoms with Crippen molar-refractivity contribution < 1.29 is 9.13 Å². The summed E-state index contributed by atoms with van der Waals surface area (Å²) in [5, 5.41) is 3.51. The van der Waals surface area contributed by atoms with E-state index in [-0.39, 0.29) is 5.82 Å². The van der Waals surface area contributed by atoms with Crippen molar-refractivity contribution in [3.05, 3.63) is 51.5 Å². The third-order valence-electron chi connectivity index (χ3n) is 3.43. The first kappa shape index (κ1) is 13.6. The summed E-state index contributed by atoms with van der Waals surface area (Å²) in [6.45, 7) is 3.44. The lowest BCUT2D eigenvalue weighted by molar-refractivity contribution is 0.290. The number of thiophene rings is 1. The van der Waals surface area contributed by atoms with Crippen molar-refractivity contribution in [3.8, 4) is 5.75 Å². The Morgan fingerprint density at radius 1 is 1.35 bits per heavy atom. The fourth-order valence-corrected chi connectivity index (χ4v) is 3.07. The highest BCUT2D eigenvalue weighted by Crippen LogP contribution is 2.26. The van der Waals surface area contributed by atoms with Crippen LogP contribution in [0.2, 0.25) is 0 Å². The summed E-state index contributed by atoms with van der Waals surface area (Å²) < 4.78 is 19.0. The van der Waals surface area contributed by atoms with Crippen LogP contribution in [0.1, 0.15) is 28.2 Å². The van der Waals surface area contributed by atoms with Gasteiger partial charge in [0.25, 0.3) is 0 Å². The number of halogens is 1. The molecule has 0 amide bonds. The van der Waals surface area contributed by atoms with Gasteiger partial charge in [0.15, 0.2) is 11.6 Å². The van der Waals surface area contributed by atoms with Crippen LogP contribution in [-0.2, 0) is 13.2 Å². The molecule has 0 saturated heterocycles. The lowest BCUT2D eigenvalue weighted by Crippen LogP contribution is -2.14. The lowest BCUT2D eigenvalue weighted by Gasteiger charge is -2.06. The quantitative estimate of drug-likeness (QED) is 0.867. The number of rotatable bonds is 6. The molecule has 0 aliphatic heterocycles. The summed E-state index contributed by atoms with van der Waals surface area (Å²) in [5.74, 6) is 0.00626. The first-order valence-electron chi connectivity index (χ1n) is 6.91. The molecule has 1 aliphatic rings. The molecule has 1 aromatic carbocycles. The van der Waals surface area contributed by atoms with Gasteiger partial charge in [-0.2, -0.15) is 0 Å². The van der Waals surface area contributed by atoms with E-state index < -0.39 is 0 Å². The van der Waals surface area contributed by atoms with Crippen molar-refractivity contribution in [2.45, 2.75) is 39.0 Å². The van der Waals surface area contributed by atoms with Crippen LogP contribution in [0.25, 0.3) is 0 Å². The summed E-state index contributed by atoms with van der Waals surface area (Å²) in [6, 6.07) is 9.41. The second-order valence-corrected chi connectivity index (χ2v) is 6.51. The molecule has 1 heterocycles. The van der Waals surface area contributed by atoms with Crippen LogP contribution in [0, 0.1) is 12.7 Å². The Morgan fingerprint density at radius 3 is 2.90 bits per heavy atom. The van der Waals surface area contributed by atoms with Gasteiger partial charge in [0.05, 0.1) is 0 Å². The maximum absolute atomic E-state index is 13.5. The maximum atomic E-state index is 13.5. The minimum Gasteiger partial charge on any atom is -0.486 e. The van der Waals surface area contributed by atoms with Gasteiger partial charge in [-0.05, 0) is 38.0 Å². The predicted molar refractivity (Wildman–Crippen MR) is 79.6 cm³/mol. The molecular formula is C16H18FNOS. The molecule has 0 atom stereocenters. The number of nitrogens with one attached hydrogen (secondary N) is 1. The zero-order valence-electron chi connectivity index (χ0n) is 11.5. The molecule has 1 aromatic heterocycles. The Kier molecular flexibility index (Phi) is 4.03. The second-order valence-electron chi connectivity index (χ2n) is 5.17. The first-order chi connectivity index (χ1) is 9.72. The summed E-state index contributed by atoms with van der Waals surface area (Å²) >= 11 is 1.79.